The summed E-state index contributed by atoms with van der Waals surface area (Å²) in [6.45, 7) is 12.3. The highest BCUT2D eigenvalue weighted by Gasteiger charge is 2.18. The molecule has 0 N–H and O–H groups in total. The summed E-state index contributed by atoms with van der Waals surface area (Å²) in [7, 11) is 1.77. The van der Waals surface area contributed by atoms with Crippen LogP contribution < -0.4 is 0 Å². The molecule has 0 spiro atoms. The topological polar surface area (TPSA) is 43.4 Å². The van der Waals surface area contributed by atoms with Crippen molar-refractivity contribution in [1.29, 1.82) is 0 Å². The highest BCUT2D eigenvalue weighted by Crippen LogP contribution is 2.21. The van der Waals surface area contributed by atoms with Crippen LogP contribution in [0.1, 0.15) is 80.1 Å². The van der Waals surface area contributed by atoms with Crippen LogP contribution in [0.25, 0.3) is 0 Å². The minimum Gasteiger partial charge on any atom is -0.374 e. The molecule has 0 radical (unpaired) electrons. The summed E-state index contributed by atoms with van der Waals surface area (Å²) in [4.78, 5) is 23.7. The maximum atomic E-state index is 12.1. The van der Waals surface area contributed by atoms with Crippen LogP contribution in [0.4, 0.5) is 0 Å². The number of carbonyl (C=O) groups is 2. The third kappa shape index (κ3) is 10.5. The Kier molecular flexibility index (Phi) is 11.4. The van der Waals surface area contributed by atoms with Gasteiger partial charge in [0.2, 0.25) is 0 Å². The van der Waals surface area contributed by atoms with Crippen LogP contribution in [0.2, 0.25) is 0 Å². The first kappa shape index (κ1) is 26.8. The normalized spacial score (nSPS) is 17.5. The van der Waals surface area contributed by atoms with Gasteiger partial charge in [0, 0.05) is 18.3 Å². The van der Waals surface area contributed by atoms with E-state index in [9.17, 15) is 9.59 Å². The monoisotopic (exact) mass is 424 g/mol. The molecule has 0 fully saturated rings. The molecule has 31 heavy (non-hydrogen) atoms. The van der Waals surface area contributed by atoms with E-state index in [2.05, 4.69) is 65.0 Å². The Morgan fingerprint density at radius 1 is 1.00 bits per heavy atom. The van der Waals surface area contributed by atoms with Gasteiger partial charge in [-0.3, -0.25) is 9.59 Å². The summed E-state index contributed by atoms with van der Waals surface area (Å²) in [5.74, 6) is -0.110. The molecule has 1 atom stereocenters. The molecule has 0 saturated carbocycles. The Labute approximate surface area is 189 Å². The molecular weight excluding hydrogens is 384 g/mol. The number of Topliss-reactive ketones (excluding diaryl/α,β-unsaturated/α-hetero) is 1. The first-order chi connectivity index (χ1) is 14.6. The Bertz CT molecular complexity index is 826. The molecule has 3 nitrogen and oxygen atoms in total. The number of rotatable bonds is 12. The maximum Gasteiger partial charge on any atom is 0.185 e. The lowest BCUT2D eigenvalue weighted by Crippen LogP contribution is -2.23. The van der Waals surface area contributed by atoms with Gasteiger partial charge in [-0.15, -0.1) is 0 Å². The quantitative estimate of drug-likeness (QED) is 0.246. The number of allylic oxidation sites excluding steroid dienone is 11. The zero-order chi connectivity index (χ0) is 23.4. The van der Waals surface area contributed by atoms with Gasteiger partial charge in [0.1, 0.15) is 0 Å². The van der Waals surface area contributed by atoms with Gasteiger partial charge < -0.3 is 4.74 Å². The third-order valence-electron chi connectivity index (χ3n) is 5.60. The molecule has 0 aromatic heterocycles. The summed E-state index contributed by atoms with van der Waals surface area (Å²) in [6.07, 6.45) is 19.2. The lowest BCUT2D eigenvalue weighted by atomic mass is 9.94. The number of ether oxygens (including phenoxy) is 1. The fraction of sp³-hybridized carbons (Fsp3) is 0.500. The molecular formula is C28H40O3. The predicted molar refractivity (Wildman–Crippen MR) is 131 cm³/mol. The Balaban J connectivity index is 2.48. The summed E-state index contributed by atoms with van der Waals surface area (Å²) in [5, 5.41) is 0. The van der Waals surface area contributed by atoms with E-state index in [1.807, 2.05) is 0 Å². The van der Waals surface area contributed by atoms with E-state index >= 15 is 0 Å². The highest BCUT2D eigenvalue weighted by atomic mass is 16.5. The molecule has 0 aromatic rings. The molecule has 1 aliphatic carbocycles. The van der Waals surface area contributed by atoms with Crippen LogP contribution in [0.15, 0.2) is 70.4 Å². The highest BCUT2D eigenvalue weighted by molar-refractivity contribution is 6.20. The zero-order valence-electron chi connectivity index (χ0n) is 20.5. The molecule has 1 unspecified atom stereocenters. The van der Waals surface area contributed by atoms with Crippen molar-refractivity contribution in [3.05, 3.63) is 70.4 Å². The number of hydrogen-bond donors (Lipinski definition) is 0. The van der Waals surface area contributed by atoms with Crippen molar-refractivity contribution in [2.75, 3.05) is 7.11 Å². The SMILES string of the molecule is COC(C)(/C=C\CC(C)=CCC/C(C)=C/CC1=CC(=O)C=C(C)C1=O)CCC=C(C)C. The Morgan fingerprint density at radius 2 is 1.71 bits per heavy atom. The molecule has 170 valence electrons. The first-order valence-electron chi connectivity index (χ1n) is 11.2. The second-order valence-electron chi connectivity index (χ2n) is 9.02. The van der Waals surface area contributed by atoms with E-state index in [4.69, 9.17) is 4.74 Å². The molecule has 0 heterocycles. The van der Waals surface area contributed by atoms with Crippen molar-refractivity contribution in [1.82, 2.24) is 0 Å². The average Bonchev–Trinajstić information content (AvgIpc) is 2.69. The summed E-state index contributed by atoms with van der Waals surface area (Å²) < 4.78 is 5.72. The zero-order valence-corrected chi connectivity index (χ0v) is 20.5. The van der Waals surface area contributed by atoms with Crippen molar-refractivity contribution in [3.8, 4) is 0 Å². The number of methoxy groups -OCH3 is 1. The lowest BCUT2D eigenvalue weighted by Gasteiger charge is -2.24. The fourth-order valence-electron chi connectivity index (χ4n) is 3.37. The van der Waals surface area contributed by atoms with E-state index in [1.54, 1.807) is 14.0 Å². The minimum absolute atomic E-state index is 0.0184. The molecule has 0 aromatic carbocycles. The summed E-state index contributed by atoms with van der Waals surface area (Å²) in [6, 6.07) is 0. The number of hydrogen-bond acceptors (Lipinski definition) is 3. The Morgan fingerprint density at radius 3 is 2.35 bits per heavy atom. The first-order valence-corrected chi connectivity index (χ1v) is 11.2. The molecule has 1 rings (SSSR count). The van der Waals surface area contributed by atoms with E-state index in [0.717, 1.165) is 32.1 Å². The van der Waals surface area contributed by atoms with E-state index < -0.39 is 0 Å². The standard InChI is InChI=1S/C28H40O3/c1-21(2)11-9-17-28(6,31-7)18-10-14-22(3)12-8-13-23(4)15-16-25-20-26(29)19-24(5)27(25)30/h10-12,15,18-20H,8-9,13-14,16-17H2,1-7H3/b18-10-,22-12?,23-15+. The lowest BCUT2D eigenvalue weighted by molar-refractivity contribution is -0.115. The van der Waals surface area contributed by atoms with Crippen molar-refractivity contribution < 1.29 is 14.3 Å². The molecule has 0 bridgehead atoms. The maximum absolute atomic E-state index is 12.1. The van der Waals surface area contributed by atoms with E-state index in [1.165, 1.54) is 28.9 Å². The predicted octanol–water partition coefficient (Wildman–Crippen LogP) is 7.17. The van der Waals surface area contributed by atoms with Crippen LogP contribution in [-0.2, 0) is 14.3 Å². The van der Waals surface area contributed by atoms with E-state index in [0.29, 0.717) is 17.6 Å². The summed E-state index contributed by atoms with van der Waals surface area (Å²) in [5.41, 5.74) is 4.80. The average molecular weight is 425 g/mol. The van der Waals surface area contributed by atoms with Gasteiger partial charge in [-0.05, 0) is 92.2 Å². The van der Waals surface area contributed by atoms with Gasteiger partial charge in [0.25, 0.3) is 0 Å². The minimum atomic E-state index is -0.230. The smallest absolute Gasteiger partial charge is 0.185 e. The van der Waals surface area contributed by atoms with Gasteiger partial charge in [0.15, 0.2) is 11.6 Å². The third-order valence-corrected chi connectivity index (χ3v) is 5.60. The largest absolute Gasteiger partial charge is 0.374 e. The number of carbonyl (C=O) groups excluding carboxylic acids is 2. The van der Waals surface area contributed by atoms with Crippen molar-refractivity contribution in [2.45, 2.75) is 85.7 Å². The van der Waals surface area contributed by atoms with Gasteiger partial charge in [-0.1, -0.05) is 47.1 Å². The van der Waals surface area contributed by atoms with E-state index in [-0.39, 0.29) is 17.2 Å². The number of ketones is 2. The van der Waals surface area contributed by atoms with Crippen LogP contribution in [0, 0.1) is 0 Å². The molecule has 0 saturated heterocycles. The van der Waals surface area contributed by atoms with Gasteiger partial charge in [-0.25, -0.2) is 0 Å². The second kappa shape index (κ2) is 13.2. The van der Waals surface area contributed by atoms with Crippen LogP contribution in [0.5, 0.6) is 0 Å². The molecule has 3 heteroatoms. The van der Waals surface area contributed by atoms with Crippen LogP contribution in [-0.4, -0.2) is 24.3 Å². The van der Waals surface area contributed by atoms with Crippen LogP contribution >= 0.6 is 0 Å². The summed E-state index contributed by atoms with van der Waals surface area (Å²) >= 11 is 0. The van der Waals surface area contributed by atoms with Crippen LogP contribution in [0.3, 0.4) is 0 Å². The van der Waals surface area contributed by atoms with Gasteiger partial charge in [0.05, 0.1) is 5.60 Å². The molecule has 0 amide bonds. The van der Waals surface area contributed by atoms with Gasteiger partial charge in [-0.2, -0.15) is 0 Å². The molecule has 0 aliphatic heterocycles. The van der Waals surface area contributed by atoms with Crippen molar-refractivity contribution in [2.24, 2.45) is 0 Å². The van der Waals surface area contributed by atoms with Crippen molar-refractivity contribution in [3.63, 3.8) is 0 Å². The van der Waals surface area contributed by atoms with Crippen molar-refractivity contribution >= 4 is 11.6 Å². The molecule has 1 aliphatic rings. The Hall–Kier alpha value is -2.26. The van der Waals surface area contributed by atoms with Gasteiger partial charge >= 0.3 is 0 Å². The second-order valence-corrected chi connectivity index (χ2v) is 9.02. The fourth-order valence-corrected chi connectivity index (χ4v) is 3.37.